The van der Waals surface area contributed by atoms with E-state index < -0.39 is 0 Å². The van der Waals surface area contributed by atoms with Crippen molar-refractivity contribution in [1.29, 1.82) is 0 Å². The predicted octanol–water partition coefficient (Wildman–Crippen LogP) is 4.07. The van der Waals surface area contributed by atoms with E-state index in [-0.39, 0.29) is 11.7 Å². The van der Waals surface area contributed by atoms with Gasteiger partial charge in [-0.1, -0.05) is 30.3 Å². The van der Waals surface area contributed by atoms with Crippen LogP contribution < -0.4 is 0 Å². The van der Waals surface area contributed by atoms with Gasteiger partial charge in [-0.3, -0.25) is 4.79 Å². The number of Topliss-reactive ketones (excluding diaryl/α,β-unsaturated/α-hetero) is 1. The van der Waals surface area contributed by atoms with E-state index in [1.807, 2.05) is 29.6 Å². The summed E-state index contributed by atoms with van der Waals surface area (Å²) in [5.74, 6) is 1.50. The maximum atomic E-state index is 12.8. The molecule has 0 saturated heterocycles. The fourth-order valence-electron chi connectivity index (χ4n) is 3.72. The average molecular weight is 360 g/mol. The highest BCUT2D eigenvalue weighted by Gasteiger charge is 2.30. The third kappa shape index (κ3) is 2.37. The first-order valence-corrected chi connectivity index (χ1v) is 9.46. The first-order valence-electron chi connectivity index (χ1n) is 8.58. The lowest BCUT2D eigenvalue weighted by Gasteiger charge is -2.25. The van der Waals surface area contributed by atoms with Gasteiger partial charge in [-0.15, -0.1) is 16.4 Å². The van der Waals surface area contributed by atoms with Crippen molar-refractivity contribution in [3.63, 3.8) is 0 Å². The van der Waals surface area contributed by atoms with Gasteiger partial charge in [0, 0.05) is 12.6 Å². The molecule has 1 atom stereocenters. The summed E-state index contributed by atoms with van der Waals surface area (Å²) in [7, 11) is 0. The molecule has 0 N–H and O–H groups in total. The molecule has 1 unspecified atom stereocenters. The van der Waals surface area contributed by atoms with E-state index in [0.717, 1.165) is 17.0 Å². The van der Waals surface area contributed by atoms with Gasteiger partial charge in [-0.25, -0.2) is 4.98 Å². The number of aryl methyl sites for hydroxylation is 1. The van der Waals surface area contributed by atoms with E-state index in [1.165, 1.54) is 11.1 Å². The van der Waals surface area contributed by atoms with Crippen LogP contribution >= 0.6 is 11.3 Å². The van der Waals surface area contributed by atoms with E-state index in [9.17, 15) is 4.79 Å². The zero-order valence-corrected chi connectivity index (χ0v) is 15.0. The van der Waals surface area contributed by atoms with Gasteiger partial charge in [-0.05, 0) is 41.8 Å². The second kappa shape index (κ2) is 5.85. The van der Waals surface area contributed by atoms with Crippen molar-refractivity contribution in [3.8, 4) is 10.7 Å². The van der Waals surface area contributed by atoms with Crippen molar-refractivity contribution in [2.75, 3.05) is 0 Å². The summed E-state index contributed by atoms with van der Waals surface area (Å²) in [6, 6.07) is 12.3. The van der Waals surface area contributed by atoms with Crippen molar-refractivity contribution >= 4 is 22.9 Å². The van der Waals surface area contributed by atoms with Crippen LogP contribution in [0.2, 0.25) is 0 Å². The number of hydrogen-bond donors (Lipinski definition) is 0. The number of carbonyl (C=O) groups excluding carboxylic acids is 1. The fourth-order valence-corrected chi connectivity index (χ4v) is 4.38. The fraction of sp³-hybridized carbons (Fsp3) is 0.200. The SMILES string of the molecule is Cc1ccccc1C1CC(=O)c2cnc3nc(-c4cccs4)nn3c2C1. The molecule has 3 aromatic heterocycles. The summed E-state index contributed by atoms with van der Waals surface area (Å²) in [6.45, 7) is 2.10. The lowest BCUT2D eigenvalue weighted by molar-refractivity contribution is 0.0962. The Morgan fingerprint density at radius 1 is 1.15 bits per heavy atom. The molecule has 0 aliphatic heterocycles. The van der Waals surface area contributed by atoms with Crippen LogP contribution in [0.3, 0.4) is 0 Å². The maximum Gasteiger partial charge on any atom is 0.253 e. The Morgan fingerprint density at radius 3 is 2.85 bits per heavy atom. The van der Waals surface area contributed by atoms with Crippen LogP contribution in [0.25, 0.3) is 16.5 Å². The van der Waals surface area contributed by atoms with E-state index in [2.05, 4.69) is 34.1 Å². The molecular formula is C20H16N4OS. The van der Waals surface area contributed by atoms with E-state index in [1.54, 1.807) is 22.0 Å². The number of rotatable bonds is 2. The molecule has 26 heavy (non-hydrogen) atoms. The van der Waals surface area contributed by atoms with Gasteiger partial charge in [0.05, 0.1) is 16.1 Å². The maximum absolute atomic E-state index is 12.8. The minimum Gasteiger partial charge on any atom is -0.294 e. The Balaban J connectivity index is 1.64. The molecule has 5 rings (SSSR count). The summed E-state index contributed by atoms with van der Waals surface area (Å²) in [5.41, 5.74) is 4.03. The van der Waals surface area contributed by atoms with Crippen LogP contribution in [0.4, 0.5) is 0 Å². The first-order chi connectivity index (χ1) is 12.7. The van der Waals surface area contributed by atoms with E-state index in [4.69, 9.17) is 0 Å². The van der Waals surface area contributed by atoms with Crippen LogP contribution in [-0.4, -0.2) is 25.4 Å². The van der Waals surface area contributed by atoms with Gasteiger partial charge >= 0.3 is 0 Å². The van der Waals surface area contributed by atoms with Crippen LogP contribution in [0.5, 0.6) is 0 Å². The van der Waals surface area contributed by atoms with Crippen molar-refractivity contribution in [2.45, 2.75) is 25.7 Å². The number of benzene rings is 1. The molecule has 1 aliphatic carbocycles. The Kier molecular flexibility index (Phi) is 3.46. The number of nitrogens with zero attached hydrogens (tertiary/aromatic N) is 4. The van der Waals surface area contributed by atoms with Gasteiger partial charge in [0.25, 0.3) is 5.78 Å². The normalized spacial score (nSPS) is 16.8. The molecule has 6 heteroatoms. The molecule has 0 saturated carbocycles. The highest BCUT2D eigenvalue weighted by Crippen LogP contribution is 2.34. The van der Waals surface area contributed by atoms with Crippen molar-refractivity contribution in [2.24, 2.45) is 0 Å². The molecule has 0 radical (unpaired) electrons. The third-order valence-corrected chi connectivity index (χ3v) is 5.87. The van der Waals surface area contributed by atoms with Gasteiger partial charge < -0.3 is 0 Å². The quantitative estimate of drug-likeness (QED) is 0.540. The Morgan fingerprint density at radius 2 is 2.04 bits per heavy atom. The average Bonchev–Trinajstić information content (AvgIpc) is 3.31. The number of fused-ring (bicyclic) bond motifs is 3. The molecule has 0 fully saturated rings. The van der Waals surface area contributed by atoms with Gasteiger partial charge in [0.2, 0.25) is 0 Å². The minimum absolute atomic E-state index is 0.127. The van der Waals surface area contributed by atoms with Gasteiger partial charge in [0.15, 0.2) is 11.6 Å². The number of hydrogen-bond acceptors (Lipinski definition) is 5. The van der Waals surface area contributed by atoms with Crippen LogP contribution in [0, 0.1) is 6.92 Å². The summed E-state index contributed by atoms with van der Waals surface area (Å²) in [6.07, 6.45) is 2.93. The number of thiophene rings is 1. The Hall–Kier alpha value is -2.86. The molecule has 128 valence electrons. The molecule has 1 aliphatic rings. The standard InChI is InChI=1S/C20H16N4OS/c1-12-5-2-3-6-14(12)13-9-16-15(17(25)10-13)11-21-20-22-19(23-24(16)20)18-7-4-8-26-18/h2-8,11,13H,9-10H2,1H3. The zero-order chi connectivity index (χ0) is 17.7. The lowest BCUT2D eigenvalue weighted by Crippen LogP contribution is -2.23. The topological polar surface area (TPSA) is 60.2 Å². The summed E-state index contributed by atoms with van der Waals surface area (Å²) in [4.78, 5) is 22.7. The van der Waals surface area contributed by atoms with Gasteiger partial charge in [-0.2, -0.15) is 9.50 Å². The molecule has 4 aromatic rings. The highest BCUT2D eigenvalue weighted by atomic mass is 32.1. The molecule has 1 aromatic carbocycles. The highest BCUT2D eigenvalue weighted by molar-refractivity contribution is 7.13. The third-order valence-electron chi connectivity index (χ3n) is 5.01. The Bertz CT molecular complexity index is 1130. The minimum atomic E-state index is 0.127. The van der Waals surface area contributed by atoms with Gasteiger partial charge in [0.1, 0.15) is 0 Å². The summed E-state index contributed by atoms with van der Waals surface area (Å²) >= 11 is 1.60. The van der Waals surface area contributed by atoms with E-state index in [0.29, 0.717) is 23.6 Å². The zero-order valence-electron chi connectivity index (χ0n) is 14.2. The van der Waals surface area contributed by atoms with E-state index >= 15 is 0 Å². The number of carbonyl (C=O) groups is 1. The smallest absolute Gasteiger partial charge is 0.253 e. The largest absolute Gasteiger partial charge is 0.294 e. The monoisotopic (exact) mass is 360 g/mol. The molecule has 3 heterocycles. The Labute approximate surface area is 154 Å². The lowest BCUT2D eigenvalue weighted by atomic mass is 9.80. The van der Waals surface area contributed by atoms with Crippen molar-refractivity contribution in [3.05, 3.63) is 70.4 Å². The molecule has 0 spiro atoms. The van der Waals surface area contributed by atoms with Crippen molar-refractivity contribution in [1.82, 2.24) is 19.6 Å². The predicted molar refractivity (Wildman–Crippen MR) is 101 cm³/mol. The number of ketones is 1. The molecule has 0 amide bonds. The van der Waals surface area contributed by atoms with Crippen LogP contribution in [-0.2, 0) is 6.42 Å². The summed E-state index contributed by atoms with van der Waals surface area (Å²) < 4.78 is 1.76. The van der Waals surface area contributed by atoms with Crippen molar-refractivity contribution < 1.29 is 4.79 Å². The molecule has 0 bridgehead atoms. The second-order valence-electron chi connectivity index (χ2n) is 6.63. The van der Waals surface area contributed by atoms with Crippen LogP contribution in [0.1, 0.15) is 39.5 Å². The summed E-state index contributed by atoms with van der Waals surface area (Å²) in [5, 5.41) is 6.66. The second-order valence-corrected chi connectivity index (χ2v) is 7.58. The molecule has 5 nitrogen and oxygen atoms in total. The first kappa shape index (κ1) is 15.4. The molecular weight excluding hydrogens is 344 g/mol. The number of aromatic nitrogens is 4. The van der Waals surface area contributed by atoms with Crippen LogP contribution in [0.15, 0.2) is 48.0 Å².